The number of ether oxygens (including phenoxy) is 1. The van der Waals surface area contributed by atoms with Crippen LogP contribution in [0.2, 0.25) is 0 Å². The third kappa shape index (κ3) is 1.26. The molecule has 1 aliphatic rings. The second kappa shape index (κ2) is 2.83. The van der Waals surface area contributed by atoms with Crippen molar-refractivity contribution >= 4 is 11.6 Å². The molecule has 0 N–H and O–H groups in total. The Hall–Kier alpha value is -0.540. The van der Waals surface area contributed by atoms with Crippen LogP contribution in [-0.4, -0.2) is 11.6 Å². The monoisotopic (exact) mass is 173 g/mol. The Bertz CT molecular complexity index is 235. The van der Waals surface area contributed by atoms with Crippen molar-refractivity contribution in [2.45, 2.75) is 18.9 Å². The molecule has 1 aliphatic heterocycles. The van der Waals surface area contributed by atoms with Gasteiger partial charge in [-0.25, -0.2) is 4.98 Å². The van der Waals surface area contributed by atoms with Gasteiger partial charge in [0.15, 0.2) is 0 Å². The summed E-state index contributed by atoms with van der Waals surface area (Å²) in [6.07, 6.45) is 0.819. The lowest BCUT2D eigenvalue weighted by Gasteiger charge is -2.07. The lowest BCUT2D eigenvalue weighted by atomic mass is 10.2. The molecule has 2 heterocycles. The van der Waals surface area contributed by atoms with Crippen molar-refractivity contribution in [3.8, 4) is 0 Å². The van der Waals surface area contributed by atoms with Gasteiger partial charge in [-0.1, -0.05) is 0 Å². The molecule has 1 aromatic rings. The maximum absolute atomic E-state index is 5.55. The Labute approximate surface area is 69.3 Å². The molecule has 0 fully saturated rings. The largest absolute Gasteiger partial charge is 0.444 e. The van der Waals surface area contributed by atoms with Gasteiger partial charge in [-0.15, -0.1) is 11.6 Å². The normalized spacial score (nSPS) is 16.5. The van der Waals surface area contributed by atoms with Crippen LogP contribution in [0.1, 0.15) is 17.3 Å². The third-order valence-electron chi connectivity index (χ3n) is 1.65. The summed E-state index contributed by atoms with van der Waals surface area (Å²) in [5.41, 5.74) is 0.909. The molecule has 3 nitrogen and oxygen atoms in total. The second-order valence-corrected chi connectivity index (χ2v) is 2.68. The fourth-order valence-corrected chi connectivity index (χ4v) is 1.25. The standard InChI is InChI=1S/C7H8ClNO2/c8-3-7-9-5-4-10-2-1-6(5)11-7/h1-4H2. The number of hydrogen-bond acceptors (Lipinski definition) is 3. The van der Waals surface area contributed by atoms with Gasteiger partial charge in [0.2, 0.25) is 5.89 Å². The van der Waals surface area contributed by atoms with E-state index in [9.17, 15) is 0 Å². The smallest absolute Gasteiger partial charge is 0.209 e. The fraction of sp³-hybridized carbons (Fsp3) is 0.571. The lowest BCUT2D eigenvalue weighted by Crippen LogP contribution is -2.07. The minimum Gasteiger partial charge on any atom is -0.444 e. The van der Waals surface area contributed by atoms with E-state index in [1.165, 1.54) is 0 Å². The fourth-order valence-electron chi connectivity index (χ4n) is 1.14. The summed E-state index contributed by atoms with van der Waals surface area (Å²) in [5.74, 6) is 1.88. The molecule has 60 valence electrons. The van der Waals surface area contributed by atoms with E-state index in [1.54, 1.807) is 0 Å². The molecule has 0 aromatic carbocycles. The van der Waals surface area contributed by atoms with Gasteiger partial charge in [0, 0.05) is 6.42 Å². The van der Waals surface area contributed by atoms with Gasteiger partial charge in [-0.05, 0) is 0 Å². The number of fused-ring (bicyclic) bond motifs is 1. The lowest BCUT2D eigenvalue weighted by molar-refractivity contribution is 0.102. The van der Waals surface area contributed by atoms with E-state index in [0.717, 1.165) is 24.5 Å². The number of hydrogen-bond donors (Lipinski definition) is 0. The zero-order valence-electron chi connectivity index (χ0n) is 5.97. The van der Waals surface area contributed by atoms with Gasteiger partial charge in [0.25, 0.3) is 0 Å². The molecule has 0 saturated carbocycles. The molecule has 0 atom stereocenters. The number of aromatic nitrogens is 1. The molecule has 2 rings (SSSR count). The Kier molecular flexibility index (Phi) is 1.84. The van der Waals surface area contributed by atoms with Crippen LogP contribution in [0, 0.1) is 0 Å². The van der Waals surface area contributed by atoms with Gasteiger partial charge >= 0.3 is 0 Å². The zero-order chi connectivity index (χ0) is 7.68. The average Bonchev–Trinajstić information content (AvgIpc) is 2.46. The first-order chi connectivity index (χ1) is 5.40. The Morgan fingerprint density at radius 3 is 3.18 bits per heavy atom. The number of oxazole rings is 1. The van der Waals surface area contributed by atoms with Gasteiger partial charge in [0.05, 0.1) is 19.1 Å². The molecule has 0 saturated heterocycles. The molecule has 0 unspecified atom stereocenters. The van der Waals surface area contributed by atoms with E-state index < -0.39 is 0 Å². The summed E-state index contributed by atoms with van der Waals surface area (Å²) in [6.45, 7) is 1.29. The molecule has 0 bridgehead atoms. The van der Waals surface area contributed by atoms with Crippen molar-refractivity contribution in [2.75, 3.05) is 6.61 Å². The minimum atomic E-state index is 0.340. The molecular formula is C7H8ClNO2. The van der Waals surface area contributed by atoms with Crippen molar-refractivity contribution in [2.24, 2.45) is 0 Å². The first-order valence-corrected chi connectivity index (χ1v) is 4.05. The maximum atomic E-state index is 5.55. The Morgan fingerprint density at radius 2 is 2.45 bits per heavy atom. The van der Waals surface area contributed by atoms with Crippen LogP contribution in [0.4, 0.5) is 0 Å². The quantitative estimate of drug-likeness (QED) is 0.604. The summed E-state index contributed by atoms with van der Waals surface area (Å²) in [7, 11) is 0. The van der Waals surface area contributed by atoms with Crippen molar-refractivity contribution in [1.82, 2.24) is 4.98 Å². The van der Waals surface area contributed by atoms with E-state index in [1.807, 2.05) is 0 Å². The molecule has 0 spiro atoms. The molecule has 11 heavy (non-hydrogen) atoms. The summed E-state index contributed by atoms with van der Waals surface area (Å²) < 4.78 is 10.5. The third-order valence-corrected chi connectivity index (χ3v) is 1.88. The Balaban J connectivity index is 2.32. The van der Waals surface area contributed by atoms with Crippen LogP contribution in [0.25, 0.3) is 0 Å². The van der Waals surface area contributed by atoms with Gasteiger partial charge < -0.3 is 9.15 Å². The summed E-state index contributed by atoms with van der Waals surface area (Å²) in [6, 6.07) is 0. The van der Waals surface area contributed by atoms with Crippen LogP contribution in [0.15, 0.2) is 4.42 Å². The molecule has 1 aromatic heterocycles. The van der Waals surface area contributed by atoms with Gasteiger partial charge in [0.1, 0.15) is 11.5 Å². The topological polar surface area (TPSA) is 35.3 Å². The average molecular weight is 174 g/mol. The highest BCUT2D eigenvalue weighted by molar-refractivity contribution is 6.16. The summed E-state index contributed by atoms with van der Waals surface area (Å²) in [4.78, 5) is 4.15. The minimum absolute atomic E-state index is 0.340. The van der Waals surface area contributed by atoms with Crippen molar-refractivity contribution in [3.63, 3.8) is 0 Å². The van der Waals surface area contributed by atoms with Crippen LogP contribution >= 0.6 is 11.6 Å². The van der Waals surface area contributed by atoms with Crippen LogP contribution in [0.5, 0.6) is 0 Å². The van der Waals surface area contributed by atoms with Crippen molar-refractivity contribution in [1.29, 1.82) is 0 Å². The maximum Gasteiger partial charge on any atom is 0.209 e. The number of rotatable bonds is 1. The summed E-state index contributed by atoms with van der Waals surface area (Å²) >= 11 is 5.55. The van der Waals surface area contributed by atoms with Crippen LogP contribution < -0.4 is 0 Å². The highest BCUT2D eigenvalue weighted by Crippen LogP contribution is 2.18. The molecule has 0 radical (unpaired) electrons. The van der Waals surface area contributed by atoms with E-state index in [-0.39, 0.29) is 0 Å². The van der Waals surface area contributed by atoms with Crippen LogP contribution in [-0.2, 0) is 23.6 Å². The first kappa shape index (κ1) is 7.13. The van der Waals surface area contributed by atoms with Crippen molar-refractivity contribution < 1.29 is 9.15 Å². The van der Waals surface area contributed by atoms with E-state index in [2.05, 4.69) is 4.98 Å². The van der Waals surface area contributed by atoms with E-state index in [4.69, 9.17) is 20.8 Å². The second-order valence-electron chi connectivity index (χ2n) is 2.41. The molecule has 0 aliphatic carbocycles. The highest BCUT2D eigenvalue weighted by atomic mass is 35.5. The summed E-state index contributed by atoms with van der Waals surface area (Å²) in [5, 5.41) is 0. The zero-order valence-corrected chi connectivity index (χ0v) is 6.73. The first-order valence-electron chi connectivity index (χ1n) is 3.51. The number of nitrogens with zero attached hydrogens (tertiary/aromatic N) is 1. The predicted octanol–water partition coefficient (Wildman–Crippen LogP) is 1.49. The number of alkyl halides is 1. The van der Waals surface area contributed by atoms with Crippen LogP contribution in [0.3, 0.4) is 0 Å². The van der Waals surface area contributed by atoms with Gasteiger partial charge in [-0.2, -0.15) is 0 Å². The predicted molar refractivity (Wildman–Crippen MR) is 39.4 cm³/mol. The SMILES string of the molecule is ClCc1nc2c(o1)CCOC2. The molecular weight excluding hydrogens is 166 g/mol. The molecule has 0 amide bonds. The molecule has 4 heteroatoms. The number of halogens is 1. The highest BCUT2D eigenvalue weighted by Gasteiger charge is 2.16. The van der Waals surface area contributed by atoms with Gasteiger partial charge in [-0.3, -0.25) is 0 Å². The van der Waals surface area contributed by atoms with E-state index in [0.29, 0.717) is 18.4 Å². The van der Waals surface area contributed by atoms with Crippen molar-refractivity contribution in [3.05, 3.63) is 17.3 Å². The van der Waals surface area contributed by atoms with E-state index >= 15 is 0 Å². The Morgan fingerprint density at radius 1 is 1.55 bits per heavy atom.